The Balaban J connectivity index is 0.000000644. The summed E-state index contributed by atoms with van der Waals surface area (Å²) in [5.74, 6) is -2.98. The fraction of sp³-hybridized carbons (Fsp3) is 0.407. The first-order valence-electron chi connectivity index (χ1n) is 13.7. The number of rotatable bonds is 4. The first kappa shape index (κ1) is 35.5. The van der Waals surface area contributed by atoms with Crippen LogP contribution in [0.5, 0.6) is 0 Å². The van der Waals surface area contributed by atoms with Gasteiger partial charge in [0.05, 0.1) is 22.6 Å². The molecular weight excluding hydrogens is 675 g/mol. The summed E-state index contributed by atoms with van der Waals surface area (Å²) in [5.41, 5.74) is -0.481. The topological polar surface area (TPSA) is 129 Å². The van der Waals surface area contributed by atoms with Crippen LogP contribution in [0.15, 0.2) is 42.6 Å². The Labute approximate surface area is 261 Å². The third kappa shape index (κ3) is 8.72. The summed E-state index contributed by atoms with van der Waals surface area (Å²) in [5, 5.41) is 10.1. The van der Waals surface area contributed by atoms with Gasteiger partial charge >= 0.3 is 24.5 Å². The molecule has 0 aliphatic carbocycles. The number of hydrogen-bond donors (Lipinski definition) is 2. The normalized spacial score (nSPS) is 16.8. The third-order valence-corrected chi connectivity index (χ3v) is 8.83. The van der Waals surface area contributed by atoms with E-state index in [2.05, 4.69) is 20.3 Å². The molecule has 1 aromatic carbocycles. The smallest absolute Gasteiger partial charge is 0.475 e. The van der Waals surface area contributed by atoms with Crippen molar-refractivity contribution in [1.82, 2.24) is 15.0 Å². The number of anilines is 4. The molecule has 0 atom stereocenters. The van der Waals surface area contributed by atoms with Crippen LogP contribution in [-0.2, 0) is 40.0 Å². The lowest BCUT2D eigenvalue weighted by Crippen LogP contribution is -2.39. The van der Waals surface area contributed by atoms with Crippen molar-refractivity contribution in [1.29, 1.82) is 0 Å². The minimum absolute atomic E-state index is 0.0806. The van der Waals surface area contributed by atoms with E-state index in [9.17, 15) is 47.9 Å². The number of sulfonamides is 1. The predicted molar refractivity (Wildman–Crippen MR) is 150 cm³/mol. The van der Waals surface area contributed by atoms with Gasteiger partial charge in [-0.05, 0) is 55.7 Å². The molecule has 5 rings (SSSR count). The molecule has 256 valence electrons. The van der Waals surface area contributed by atoms with Crippen molar-refractivity contribution < 1.29 is 57.8 Å². The molecule has 2 aliphatic heterocycles. The average molecular weight is 701 g/mol. The van der Waals surface area contributed by atoms with Gasteiger partial charge in [0.2, 0.25) is 16.0 Å². The van der Waals surface area contributed by atoms with Gasteiger partial charge in [0.25, 0.3) is 0 Å². The molecule has 4 heterocycles. The highest BCUT2D eigenvalue weighted by Gasteiger charge is 2.39. The average Bonchev–Trinajstić information content (AvgIpc) is 3.19. The van der Waals surface area contributed by atoms with E-state index in [1.807, 2.05) is 0 Å². The van der Waals surface area contributed by atoms with Crippen molar-refractivity contribution in [3.05, 3.63) is 65.0 Å². The molecule has 0 spiro atoms. The zero-order valence-electron chi connectivity index (χ0n) is 23.9. The first-order valence-corrected chi connectivity index (χ1v) is 15.3. The van der Waals surface area contributed by atoms with Crippen LogP contribution in [0.3, 0.4) is 0 Å². The van der Waals surface area contributed by atoms with Crippen molar-refractivity contribution in [2.75, 3.05) is 39.9 Å². The minimum Gasteiger partial charge on any atom is -0.475 e. The van der Waals surface area contributed by atoms with Gasteiger partial charge < -0.3 is 15.3 Å². The van der Waals surface area contributed by atoms with E-state index in [-0.39, 0.29) is 61.5 Å². The second kappa shape index (κ2) is 13.4. The Bertz CT molecular complexity index is 1700. The fourth-order valence-corrected chi connectivity index (χ4v) is 6.30. The van der Waals surface area contributed by atoms with Gasteiger partial charge in [-0.3, -0.25) is 0 Å². The highest BCUT2D eigenvalue weighted by atomic mass is 32.2. The number of nitrogens with one attached hydrogen (secondary N) is 1. The molecule has 10 nitrogen and oxygen atoms in total. The van der Waals surface area contributed by atoms with E-state index in [0.29, 0.717) is 24.1 Å². The van der Waals surface area contributed by atoms with Crippen LogP contribution in [0.4, 0.5) is 62.8 Å². The number of carbonyl (C=O) groups is 1. The lowest BCUT2D eigenvalue weighted by atomic mass is 10.1. The Morgan fingerprint density at radius 3 is 2.06 bits per heavy atom. The van der Waals surface area contributed by atoms with Gasteiger partial charge in [0.1, 0.15) is 11.6 Å². The summed E-state index contributed by atoms with van der Waals surface area (Å²) >= 11 is 0. The molecule has 47 heavy (non-hydrogen) atoms. The minimum atomic E-state index is -5.08. The standard InChI is InChI=1S/C25H24F6N6O2S.C2HF3O2/c26-24(27,28)16-5-7-17(8-6-16)33-21-18-9-13-36(22-19(25(29,30)31)4-3-11-32-22)14-10-20(18)34-23(35-21)37-12-1-2-15-40(37,38)39;3-2(4,5)1(6)7/h3-8,11H,1-2,9-10,12-15H2,(H,33,34,35);(H,6,7). The van der Waals surface area contributed by atoms with Crippen LogP contribution >= 0.6 is 0 Å². The fourth-order valence-electron chi connectivity index (χ4n) is 4.78. The molecule has 0 unspecified atom stereocenters. The molecule has 1 fully saturated rings. The van der Waals surface area contributed by atoms with Crippen molar-refractivity contribution in [3.8, 4) is 0 Å². The predicted octanol–water partition coefficient (Wildman–Crippen LogP) is 5.82. The van der Waals surface area contributed by atoms with E-state index in [4.69, 9.17) is 9.90 Å². The van der Waals surface area contributed by atoms with E-state index in [1.54, 1.807) is 0 Å². The Morgan fingerprint density at radius 1 is 0.851 bits per heavy atom. The maximum atomic E-state index is 13.7. The molecule has 2 N–H and O–H groups in total. The number of pyridine rings is 1. The maximum Gasteiger partial charge on any atom is 0.490 e. The van der Waals surface area contributed by atoms with Gasteiger partial charge in [-0.2, -0.15) is 44.5 Å². The Morgan fingerprint density at radius 2 is 1.49 bits per heavy atom. The maximum absolute atomic E-state index is 13.7. The number of carboxylic acids is 1. The Hall–Kier alpha value is -4.36. The van der Waals surface area contributed by atoms with Crippen LogP contribution in [0.25, 0.3) is 0 Å². The number of alkyl halides is 9. The van der Waals surface area contributed by atoms with E-state index >= 15 is 0 Å². The molecule has 0 radical (unpaired) electrons. The second-order valence-corrected chi connectivity index (χ2v) is 12.3. The third-order valence-electron chi connectivity index (χ3n) is 7.01. The van der Waals surface area contributed by atoms with Gasteiger partial charge in [0.15, 0.2) is 0 Å². The van der Waals surface area contributed by atoms with E-state index in [1.165, 1.54) is 29.3 Å². The summed E-state index contributed by atoms with van der Waals surface area (Å²) < 4.78 is 139. The molecule has 3 aromatic rings. The second-order valence-electron chi connectivity index (χ2n) is 10.3. The molecule has 0 amide bonds. The molecule has 0 bridgehead atoms. The summed E-state index contributed by atoms with van der Waals surface area (Å²) in [6.45, 7) is 0.408. The van der Waals surface area contributed by atoms with Crippen LogP contribution in [0.2, 0.25) is 0 Å². The highest BCUT2D eigenvalue weighted by Crippen LogP contribution is 2.37. The molecule has 20 heteroatoms. The number of nitrogens with zero attached hydrogens (tertiary/aromatic N) is 5. The van der Waals surface area contributed by atoms with Gasteiger partial charge in [-0.1, -0.05) is 0 Å². The highest BCUT2D eigenvalue weighted by molar-refractivity contribution is 7.92. The quantitative estimate of drug-likeness (QED) is 0.324. The summed E-state index contributed by atoms with van der Waals surface area (Å²) in [6.07, 6.45) is -11.5. The van der Waals surface area contributed by atoms with Crippen LogP contribution in [0.1, 0.15) is 35.2 Å². The number of aromatic nitrogens is 3. The lowest BCUT2D eigenvalue weighted by Gasteiger charge is -2.27. The lowest BCUT2D eigenvalue weighted by molar-refractivity contribution is -0.192. The summed E-state index contributed by atoms with van der Waals surface area (Å²) in [4.78, 5) is 23.3. The summed E-state index contributed by atoms with van der Waals surface area (Å²) in [7, 11) is -3.69. The SMILES string of the molecule is O=C(O)C(F)(F)F.O=S1(=O)CCCCN1c1nc2c(c(Nc3ccc(C(F)(F)F)cc3)n1)CCN(c1ncccc1C(F)(F)F)CC2. The monoisotopic (exact) mass is 700 g/mol. The molecule has 2 aliphatic rings. The van der Waals surface area contributed by atoms with E-state index in [0.717, 1.165) is 22.5 Å². The largest absolute Gasteiger partial charge is 0.490 e. The van der Waals surface area contributed by atoms with Gasteiger partial charge in [-0.15, -0.1) is 0 Å². The molecule has 0 saturated carbocycles. The van der Waals surface area contributed by atoms with E-state index < -0.39 is 45.6 Å². The number of carboxylic acid groups (broad SMARTS) is 1. The van der Waals surface area contributed by atoms with Crippen molar-refractivity contribution in [3.63, 3.8) is 0 Å². The molecule has 1 saturated heterocycles. The Kier molecular flexibility index (Phi) is 10.1. The first-order chi connectivity index (χ1) is 21.8. The molecule has 2 aromatic heterocycles. The van der Waals surface area contributed by atoms with Crippen molar-refractivity contribution >= 4 is 39.3 Å². The van der Waals surface area contributed by atoms with Gasteiger partial charge in [-0.25, -0.2) is 27.5 Å². The number of fused-ring (bicyclic) bond motifs is 1. The number of halogens is 9. The number of benzene rings is 1. The van der Waals surface area contributed by atoms with Crippen molar-refractivity contribution in [2.24, 2.45) is 0 Å². The van der Waals surface area contributed by atoms with Crippen LogP contribution in [-0.4, -0.2) is 66.0 Å². The van der Waals surface area contributed by atoms with Crippen molar-refractivity contribution in [2.45, 2.75) is 44.2 Å². The zero-order chi connectivity index (χ0) is 34.8. The van der Waals surface area contributed by atoms with Crippen LogP contribution < -0.4 is 14.5 Å². The summed E-state index contributed by atoms with van der Waals surface area (Å²) in [6, 6.07) is 6.42. The van der Waals surface area contributed by atoms with Gasteiger partial charge in [0, 0.05) is 43.5 Å². The van der Waals surface area contributed by atoms with Crippen LogP contribution in [0, 0.1) is 0 Å². The molecular formula is C27H25F9N6O4S. The zero-order valence-corrected chi connectivity index (χ0v) is 24.7. The number of hydrogen-bond acceptors (Lipinski definition) is 8. The number of aliphatic carboxylic acids is 1.